The van der Waals surface area contributed by atoms with Gasteiger partial charge in [-0.25, -0.2) is 4.79 Å². The Morgan fingerprint density at radius 2 is 2.00 bits per heavy atom. The van der Waals surface area contributed by atoms with Gasteiger partial charge in [0.2, 0.25) is 0 Å². The summed E-state index contributed by atoms with van der Waals surface area (Å²) >= 11 is 0. The summed E-state index contributed by atoms with van der Waals surface area (Å²) < 4.78 is 6.35. The van der Waals surface area contributed by atoms with E-state index in [0.717, 1.165) is 10.9 Å². The van der Waals surface area contributed by atoms with Crippen LogP contribution in [0.5, 0.6) is 0 Å². The number of fused-ring (bicyclic) bond motifs is 1. The molecule has 0 fully saturated rings. The van der Waals surface area contributed by atoms with Crippen LogP contribution in [0.25, 0.3) is 17.0 Å². The van der Waals surface area contributed by atoms with Crippen molar-refractivity contribution >= 4 is 28.9 Å². The number of aryl methyl sites for hydroxylation is 1. The summed E-state index contributed by atoms with van der Waals surface area (Å²) in [5.41, 5.74) is 7.29. The normalized spacial score (nSPS) is 11.1. The van der Waals surface area contributed by atoms with Gasteiger partial charge < -0.3 is 15.0 Å². The summed E-state index contributed by atoms with van der Waals surface area (Å²) in [6, 6.07) is 7.42. The minimum atomic E-state index is -0.527. The predicted octanol–water partition coefficient (Wildman–Crippen LogP) is 1.46. The van der Waals surface area contributed by atoms with Crippen molar-refractivity contribution in [1.82, 2.24) is 4.57 Å². The number of nitrogens with zero attached hydrogens (tertiary/aromatic N) is 1. The van der Waals surface area contributed by atoms with Crippen LogP contribution in [0.2, 0.25) is 0 Å². The van der Waals surface area contributed by atoms with Gasteiger partial charge in [-0.1, -0.05) is 18.2 Å². The molecule has 0 spiro atoms. The number of methoxy groups -OCH3 is 1. The summed E-state index contributed by atoms with van der Waals surface area (Å²) in [7, 11) is 3.11. The van der Waals surface area contributed by atoms with E-state index in [1.54, 1.807) is 0 Å². The molecule has 0 aliphatic heterocycles. The highest BCUT2D eigenvalue weighted by Gasteiger charge is 2.17. The molecule has 2 rings (SSSR count). The van der Waals surface area contributed by atoms with Crippen molar-refractivity contribution in [2.24, 2.45) is 12.8 Å². The molecule has 0 aliphatic carbocycles. The highest BCUT2D eigenvalue weighted by Crippen LogP contribution is 2.25. The van der Waals surface area contributed by atoms with Crippen LogP contribution in [0.4, 0.5) is 0 Å². The van der Waals surface area contributed by atoms with Crippen LogP contribution < -0.4 is 5.73 Å². The van der Waals surface area contributed by atoms with Crippen molar-refractivity contribution in [2.45, 2.75) is 0 Å². The molecule has 0 atom stereocenters. The topological polar surface area (TPSA) is 74.3 Å². The monoisotopic (exact) mass is 258 g/mol. The molecular formula is C14H14N2O3. The average molecular weight is 258 g/mol. The third kappa shape index (κ3) is 2.22. The van der Waals surface area contributed by atoms with Gasteiger partial charge in [-0.3, -0.25) is 4.79 Å². The van der Waals surface area contributed by atoms with Crippen molar-refractivity contribution in [1.29, 1.82) is 0 Å². The van der Waals surface area contributed by atoms with Gasteiger partial charge >= 0.3 is 5.97 Å². The molecule has 0 aliphatic rings. The van der Waals surface area contributed by atoms with Gasteiger partial charge in [-0.15, -0.1) is 0 Å². The maximum absolute atomic E-state index is 11.6. The summed E-state index contributed by atoms with van der Waals surface area (Å²) in [6.45, 7) is 0. The van der Waals surface area contributed by atoms with Crippen LogP contribution in [0, 0.1) is 0 Å². The largest absolute Gasteiger partial charge is 0.466 e. The second-order valence-electron chi connectivity index (χ2n) is 4.06. The smallest absolute Gasteiger partial charge is 0.330 e. The number of ether oxygens (including phenoxy) is 1. The van der Waals surface area contributed by atoms with Crippen molar-refractivity contribution in [2.75, 3.05) is 7.11 Å². The van der Waals surface area contributed by atoms with Crippen LogP contribution in [0.15, 0.2) is 30.3 Å². The van der Waals surface area contributed by atoms with E-state index >= 15 is 0 Å². The third-order valence-electron chi connectivity index (χ3n) is 2.98. The second kappa shape index (κ2) is 4.97. The maximum Gasteiger partial charge on any atom is 0.330 e. The zero-order valence-electron chi connectivity index (χ0n) is 10.7. The van der Waals surface area contributed by atoms with E-state index < -0.39 is 11.9 Å². The van der Waals surface area contributed by atoms with Gasteiger partial charge in [0.05, 0.1) is 18.4 Å². The lowest BCUT2D eigenvalue weighted by Crippen LogP contribution is -2.12. The molecule has 5 heteroatoms. The Morgan fingerprint density at radius 3 is 2.63 bits per heavy atom. The summed E-state index contributed by atoms with van der Waals surface area (Å²) in [4.78, 5) is 22.8. The molecule has 98 valence electrons. The highest BCUT2D eigenvalue weighted by atomic mass is 16.5. The summed E-state index contributed by atoms with van der Waals surface area (Å²) in [6.07, 6.45) is 2.80. The van der Waals surface area contributed by atoms with E-state index in [9.17, 15) is 9.59 Å². The van der Waals surface area contributed by atoms with Crippen molar-refractivity contribution in [3.05, 3.63) is 41.6 Å². The fourth-order valence-corrected chi connectivity index (χ4v) is 2.08. The number of benzene rings is 1. The van der Waals surface area contributed by atoms with E-state index in [-0.39, 0.29) is 0 Å². The second-order valence-corrected chi connectivity index (χ2v) is 4.06. The number of aromatic nitrogens is 1. The molecule has 0 unspecified atom stereocenters. The van der Waals surface area contributed by atoms with Crippen LogP contribution in [0.3, 0.4) is 0 Å². The lowest BCUT2D eigenvalue weighted by Gasteiger charge is -2.00. The van der Waals surface area contributed by atoms with Crippen molar-refractivity contribution < 1.29 is 14.3 Å². The third-order valence-corrected chi connectivity index (χ3v) is 2.98. The molecule has 5 nitrogen and oxygen atoms in total. The quantitative estimate of drug-likeness (QED) is 0.669. The zero-order valence-corrected chi connectivity index (χ0v) is 10.7. The molecule has 2 aromatic rings. The number of carbonyl (C=O) groups is 2. The SMILES string of the molecule is COC(=O)/C=C/c1c(C(N)=O)c2ccccc2n1C. The Morgan fingerprint density at radius 1 is 1.32 bits per heavy atom. The Bertz CT molecular complexity index is 683. The predicted molar refractivity (Wildman–Crippen MR) is 72.5 cm³/mol. The van der Waals surface area contributed by atoms with Gasteiger partial charge in [0.1, 0.15) is 0 Å². The molecule has 1 heterocycles. The minimum Gasteiger partial charge on any atom is -0.466 e. The van der Waals surface area contributed by atoms with Gasteiger partial charge in [0.15, 0.2) is 0 Å². The summed E-state index contributed by atoms with van der Waals surface area (Å²) in [5, 5.41) is 0.766. The fourth-order valence-electron chi connectivity index (χ4n) is 2.08. The molecule has 19 heavy (non-hydrogen) atoms. The van der Waals surface area contributed by atoms with Crippen molar-refractivity contribution in [3.8, 4) is 0 Å². The number of primary amides is 1. The standard InChI is InChI=1S/C14H14N2O3/c1-16-10-6-4-3-5-9(10)13(14(15)18)11(16)7-8-12(17)19-2/h3-8H,1-2H3,(H2,15,18)/b8-7+. The number of nitrogens with two attached hydrogens (primary N) is 1. The van der Waals surface area contributed by atoms with E-state index in [0.29, 0.717) is 11.3 Å². The van der Waals surface area contributed by atoms with E-state index in [1.165, 1.54) is 19.3 Å². The van der Waals surface area contributed by atoms with Crippen LogP contribution in [-0.4, -0.2) is 23.6 Å². The van der Waals surface area contributed by atoms with E-state index in [2.05, 4.69) is 4.74 Å². The van der Waals surface area contributed by atoms with E-state index in [4.69, 9.17) is 5.73 Å². The van der Waals surface area contributed by atoms with Crippen LogP contribution in [0.1, 0.15) is 16.1 Å². The first-order chi connectivity index (χ1) is 9.06. The molecule has 0 saturated heterocycles. The zero-order chi connectivity index (χ0) is 14.0. The molecule has 0 radical (unpaired) electrons. The molecule has 1 amide bonds. The lowest BCUT2D eigenvalue weighted by atomic mass is 10.1. The Hall–Kier alpha value is -2.56. The van der Waals surface area contributed by atoms with Gasteiger partial charge in [0, 0.05) is 24.0 Å². The highest BCUT2D eigenvalue weighted by molar-refractivity contribution is 6.10. The van der Waals surface area contributed by atoms with Gasteiger partial charge in [-0.2, -0.15) is 0 Å². The Kier molecular flexibility index (Phi) is 3.37. The molecule has 1 aromatic heterocycles. The molecular weight excluding hydrogens is 244 g/mol. The number of hydrogen-bond acceptors (Lipinski definition) is 3. The van der Waals surface area contributed by atoms with Crippen molar-refractivity contribution in [3.63, 3.8) is 0 Å². The van der Waals surface area contributed by atoms with Gasteiger partial charge in [-0.05, 0) is 12.1 Å². The number of rotatable bonds is 3. The number of amides is 1. The number of carbonyl (C=O) groups excluding carboxylic acids is 2. The average Bonchev–Trinajstić information content (AvgIpc) is 2.69. The minimum absolute atomic E-state index is 0.401. The molecule has 1 aromatic carbocycles. The fraction of sp³-hybridized carbons (Fsp3) is 0.143. The Balaban J connectivity index is 2.68. The number of esters is 1. The number of hydrogen-bond donors (Lipinski definition) is 1. The van der Waals surface area contributed by atoms with E-state index in [1.807, 2.05) is 35.9 Å². The Labute approximate surface area is 110 Å². The first-order valence-corrected chi connectivity index (χ1v) is 5.69. The molecule has 0 saturated carbocycles. The summed E-state index contributed by atoms with van der Waals surface area (Å²) in [5.74, 6) is -1.01. The first kappa shape index (κ1) is 12.9. The lowest BCUT2D eigenvalue weighted by molar-refractivity contribution is -0.134. The van der Waals surface area contributed by atoms with Gasteiger partial charge in [0.25, 0.3) is 5.91 Å². The maximum atomic E-state index is 11.6. The molecule has 0 bridgehead atoms. The first-order valence-electron chi connectivity index (χ1n) is 5.69. The number of para-hydroxylation sites is 1. The molecule has 2 N–H and O–H groups in total. The van der Waals surface area contributed by atoms with Crippen LogP contribution >= 0.6 is 0 Å². The van der Waals surface area contributed by atoms with Crippen LogP contribution in [-0.2, 0) is 16.6 Å².